The Hall–Kier alpha value is -4.67. The number of hydrogen-bond donors (Lipinski definition) is 3. The summed E-state index contributed by atoms with van der Waals surface area (Å²) < 4.78 is 42.9. The Kier molecular flexibility index (Phi) is 9.06. The van der Waals surface area contributed by atoms with Crippen molar-refractivity contribution < 1.29 is 13.2 Å². The van der Waals surface area contributed by atoms with E-state index < -0.39 is 11.9 Å². The fraction of sp³-hybridized carbons (Fsp3) is 0.267. The normalized spacial score (nSPS) is 11.2. The second-order valence-electron chi connectivity index (χ2n) is 9.31. The maximum atomic E-state index is 13.7. The molecule has 0 atom stereocenters. The number of aromatic nitrogens is 5. The molecule has 4 N–H and O–H groups in total. The second kappa shape index (κ2) is 12.7. The Bertz CT molecular complexity index is 1600. The molecule has 5 aromatic rings. The van der Waals surface area contributed by atoms with Crippen molar-refractivity contribution in [2.24, 2.45) is 0 Å². The van der Waals surface area contributed by atoms with E-state index in [1.165, 1.54) is 6.07 Å². The van der Waals surface area contributed by atoms with Gasteiger partial charge in [-0.15, -0.1) is 10.2 Å². The molecule has 0 aliphatic heterocycles. The van der Waals surface area contributed by atoms with Gasteiger partial charge in [0.05, 0.1) is 12.2 Å². The quantitative estimate of drug-likeness (QED) is 0.192. The number of hydrogen-bond acceptors (Lipinski definition) is 7. The van der Waals surface area contributed by atoms with E-state index in [1.54, 1.807) is 17.1 Å². The van der Waals surface area contributed by atoms with Crippen LogP contribution in [0.2, 0.25) is 0 Å². The van der Waals surface area contributed by atoms with Gasteiger partial charge in [-0.05, 0) is 65.3 Å². The Labute approximate surface area is 236 Å². The first-order chi connectivity index (χ1) is 19.7. The third-order valence-electron chi connectivity index (χ3n) is 6.63. The van der Waals surface area contributed by atoms with Gasteiger partial charge in [-0.1, -0.05) is 38.1 Å². The van der Waals surface area contributed by atoms with Crippen molar-refractivity contribution in [3.63, 3.8) is 0 Å². The van der Waals surface area contributed by atoms with Crippen molar-refractivity contribution in [3.05, 3.63) is 101 Å². The van der Waals surface area contributed by atoms with Crippen LogP contribution in [-0.4, -0.2) is 25.0 Å². The van der Waals surface area contributed by atoms with Crippen LogP contribution in [0, 0.1) is 13.8 Å². The smallest absolute Gasteiger partial charge is 0.383 e. The van der Waals surface area contributed by atoms with E-state index in [2.05, 4.69) is 30.9 Å². The van der Waals surface area contributed by atoms with Crippen molar-refractivity contribution in [2.45, 2.75) is 53.5 Å². The lowest BCUT2D eigenvalue weighted by atomic mass is 9.96. The van der Waals surface area contributed by atoms with Gasteiger partial charge in [-0.3, -0.25) is 4.68 Å². The summed E-state index contributed by atoms with van der Waals surface area (Å²) in [5.41, 5.74) is 9.69. The van der Waals surface area contributed by atoms with E-state index in [-0.39, 0.29) is 18.1 Å². The Morgan fingerprint density at radius 3 is 2.29 bits per heavy atom. The Morgan fingerprint density at radius 1 is 0.878 bits per heavy atom. The van der Waals surface area contributed by atoms with E-state index in [0.29, 0.717) is 18.9 Å². The summed E-state index contributed by atoms with van der Waals surface area (Å²) in [4.78, 5) is 4.15. The van der Waals surface area contributed by atoms with Crippen molar-refractivity contribution in [1.29, 1.82) is 0 Å². The molecule has 5 rings (SSSR count). The molecule has 2 aromatic carbocycles. The van der Waals surface area contributed by atoms with Crippen LogP contribution in [0.25, 0.3) is 10.8 Å². The van der Waals surface area contributed by atoms with Gasteiger partial charge >= 0.3 is 6.18 Å². The standard InChI is InChI=1S/C28H27F3N8.C2H6/c1-17-12-22-21(8-10-33-27(22)32)18(2)23(17)15-35-25-13-24(26(38-37-25)28(29,30)31)34-14-19-4-6-20(7-5-19)16-39-11-3-9-36-39;1-2/h3-13H,14-16H2,1-2H3,(H2,32,33)(H2,34,35,37);1-2H3. The van der Waals surface area contributed by atoms with Crippen LogP contribution in [0.15, 0.2) is 67.1 Å². The lowest BCUT2D eigenvalue weighted by molar-refractivity contribution is -0.141. The molecule has 0 radical (unpaired) electrons. The molecule has 0 spiro atoms. The number of pyridine rings is 1. The topological polar surface area (TPSA) is 107 Å². The monoisotopic (exact) mass is 562 g/mol. The Morgan fingerprint density at radius 2 is 1.61 bits per heavy atom. The first-order valence-electron chi connectivity index (χ1n) is 13.3. The van der Waals surface area contributed by atoms with Crippen LogP contribution in [-0.2, 0) is 25.8 Å². The maximum absolute atomic E-state index is 13.7. The summed E-state index contributed by atoms with van der Waals surface area (Å²) >= 11 is 0. The minimum atomic E-state index is -4.65. The number of rotatable bonds is 8. The summed E-state index contributed by atoms with van der Waals surface area (Å²) in [6, 6.07) is 14.7. The highest BCUT2D eigenvalue weighted by atomic mass is 19.4. The molecule has 3 aromatic heterocycles. The highest BCUT2D eigenvalue weighted by Gasteiger charge is 2.36. The van der Waals surface area contributed by atoms with Gasteiger partial charge < -0.3 is 16.4 Å². The van der Waals surface area contributed by atoms with E-state index in [1.807, 2.05) is 76.4 Å². The lowest BCUT2D eigenvalue weighted by Crippen LogP contribution is -2.16. The van der Waals surface area contributed by atoms with Crippen LogP contribution in [0.1, 0.15) is 47.4 Å². The number of fused-ring (bicyclic) bond motifs is 1. The van der Waals surface area contributed by atoms with Crippen molar-refractivity contribution in [3.8, 4) is 0 Å². The second-order valence-corrected chi connectivity index (χ2v) is 9.31. The molecular formula is C30H33F3N8. The van der Waals surface area contributed by atoms with Crippen LogP contribution < -0.4 is 16.4 Å². The minimum Gasteiger partial charge on any atom is -0.383 e. The summed E-state index contributed by atoms with van der Waals surface area (Å²) in [7, 11) is 0. The third-order valence-corrected chi connectivity index (χ3v) is 6.63. The number of aryl methyl sites for hydroxylation is 2. The largest absolute Gasteiger partial charge is 0.437 e. The summed E-state index contributed by atoms with van der Waals surface area (Å²) in [6.07, 6.45) is 0.581. The van der Waals surface area contributed by atoms with Gasteiger partial charge in [-0.25, -0.2) is 4.98 Å². The predicted octanol–water partition coefficient (Wildman–Crippen LogP) is 6.74. The molecule has 0 amide bonds. The summed E-state index contributed by atoms with van der Waals surface area (Å²) in [5.74, 6) is 0.684. The Balaban J connectivity index is 0.00000189. The number of alkyl halides is 3. The molecule has 0 fully saturated rings. The number of nitrogens with one attached hydrogen (secondary N) is 2. The molecule has 0 bridgehead atoms. The van der Waals surface area contributed by atoms with Crippen LogP contribution in [0.3, 0.4) is 0 Å². The van der Waals surface area contributed by atoms with Crippen molar-refractivity contribution in [2.75, 3.05) is 16.4 Å². The molecule has 0 unspecified atom stereocenters. The van der Waals surface area contributed by atoms with Gasteiger partial charge in [0.15, 0.2) is 11.5 Å². The SMILES string of the molecule is CC.Cc1cc2c(N)nccc2c(C)c1CNc1cc(NCc2ccc(Cn3cccn3)cc2)c(C(F)(F)F)nn1. The van der Waals surface area contributed by atoms with Crippen molar-refractivity contribution in [1.82, 2.24) is 25.0 Å². The molecular weight excluding hydrogens is 529 g/mol. The molecule has 11 heteroatoms. The fourth-order valence-electron chi connectivity index (χ4n) is 4.54. The molecule has 0 aliphatic carbocycles. The molecule has 8 nitrogen and oxygen atoms in total. The summed E-state index contributed by atoms with van der Waals surface area (Å²) in [6.45, 7) is 9.10. The van der Waals surface area contributed by atoms with Gasteiger partial charge in [0.2, 0.25) is 0 Å². The highest BCUT2D eigenvalue weighted by molar-refractivity contribution is 5.94. The number of anilines is 3. The number of halogens is 3. The molecule has 0 saturated heterocycles. The fourth-order valence-corrected chi connectivity index (χ4v) is 4.54. The lowest BCUT2D eigenvalue weighted by Gasteiger charge is -2.17. The first kappa shape index (κ1) is 29.3. The molecule has 3 heterocycles. The number of nitrogen functional groups attached to an aromatic ring is 1. The van der Waals surface area contributed by atoms with Gasteiger partial charge in [0.1, 0.15) is 5.82 Å². The molecule has 0 aliphatic rings. The van der Waals surface area contributed by atoms with Gasteiger partial charge in [0, 0.05) is 43.1 Å². The minimum absolute atomic E-state index is 0.147. The van der Waals surface area contributed by atoms with E-state index >= 15 is 0 Å². The van der Waals surface area contributed by atoms with E-state index in [4.69, 9.17) is 5.73 Å². The average Bonchev–Trinajstić information content (AvgIpc) is 3.47. The molecule has 41 heavy (non-hydrogen) atoms. The van der Waals surface area contributed by atoms with E-state index in [0.717, 1.165) is 38.6 Å². The van der Waals surface area contributed by atoms with Crippen LogP contribution in [0.5, 0.6) is 0 Å². The maximum Gasteiger partial charge on any atom is 0.437 e. The van der Waals surface area contributed by atoms with Crippen molar-refractivity contribution >= 4 is 28.1 Å². The number of nitrogens with two attached hydrogens (primary N) is 1. The van der Waals surface area contributed by atoms with Crippen LogP contribution in [0.4, 0.5) is 30.5 Å². The molecule has 214 valence electrons. The predicted molar refractivity (Wildman–Crippen MR) is 156 cm³/mol. The van der Waals surface area contributed by atoms with E-state index in [9.17, 15) is 13.2 Å². The average molecular weight is 563 g/mol. The molecule has 0 saturated carbocycles. The van der Waals surface area contributed by atoms with Crippen LogP contribution >= 0.6 is 0 Å². The summed E-state index contributed by atoms with van der Waals surface area (Å²) in [5, 5.41) is 19.3. The van der Waals surface area contributed by atoms with Gasteiger partial charge in [0.25, 0.3) is 0 Å². The van der Waals surface area contributed by atoms with Gasteiger partial charge in [-0.2, -0.15) is 18.3 Å². The first-order valence-corrected chi connectivity index (χ1v) is 13.3. The zero-order valence-corrected chi connectivity index (χ0v) is 23.4. The zero-order valence-electron chi connectivity index (χ0n) is 23.4. The zero-order chi connectivity index (χ0) is 29.6. The number of nitrogens with zero attached hydrogens (tertiary/aromatic N) is 5. The highest BCUT2D eigenvalue weighted by Crippen LogP contribution is 2.34. The number of benzene rings is 2. The third kappa shape index (κ3) is 6.92.